The third-order valence-corrected chi connectivity index (χ3v) is 4.52. The van der Waals surface area contributed by atoms with Gasteiger partial charge in [-0.25, -0.2) is 0 Å². The van der Waals surface area contributed by atoms with Crippen molar-refractivity contribution < 1.29 is 0 Å². The topological polar surface area (TPSA) is 61.9 Å². The maximum absolute atomic E-state index is 7.67. The Morgan fingerprint density at radius 3 is 1.32 bits per heavy atom. The molecule has 0 aliphatic carbocycles. The van der Waals surface area contributed by atoms with Crippen molar-refractivity contribution in [3.63, 3.8) is 0 Å². The van der Waals surface area contributed by atoms with Crippen LogP contribution in [0.2, 0.25) is 0 Å². The molecule has 3 heteroatoms. The molecule has 0 spiro atoms. The Labute approximate surface area is 152 Å². The standard InChI is InChI=1S/C22H31N3/c1-21(2,3)17-11-7-15(8-12-17)19(25-20(23)24)16-9-13-18(14-10-16)22(4,5)6/h7-14,19H,1-6H3,(H4,23,24,25). The number of guanidine groups is 1. The molecule has 2 aromatic carbocycles. The van der Waals surface area contributed by atoms with Gasteiger partial charge in [-0.2, -0.15) is 0 Å². The molecule has 0 fully saturated rings. The molecule has 0 saturated carbocycles. The van der Waals surface area contributed by atoms with Crippen molar-refractivity contribution in [3.05, 3.63) is 70.8 Å². The van der Waals surface area contributed by atoms with Crippen molar-refractivity contribution in [2.45, 2.75) is 58.4 Å². The van der Waals surface area contributed by atoms with Crippen molar-refractivity contribution >= 4 is 5.96 Å². The number of benzene rings is 2. The van der Waals surface area contributed by atoms with Crippen molar-refractivity contribution in [2.24, 2.45) is 5.73 Å². The van der Waals surface area contributed by atoms with Crippen LogP contribution >= 0.6 is 0 Å². The maximum atomic E-state index is 7.67. The third kappa shape index (κ3) is 4.85. The second kappa shape index (κ2) is 6.91. The summed E-state index contributed by atoms with van der Waals surface area (Å²) in [6.45, 7) is 13.2. The van der Waals surface area contributed by atoms with Crippen LogP contribution in [0.1, 0.15) is 69.8 Å². The van der Waals surface area contributed by atoms with Crippen LogP contribution in [0.3, 0.4) is 0 Å². The Morgan fingerprint density at radius 2 is 1.08 bits per heavy atom. The van der Waals surface area contributed by atoms with E-state index in [2.05, 4.69) is 95.4 Å². The van der Waals surface area contributed by atoms with E-state index in [1.54, 1.807) is 0 Å². The summed E-state index contributed by atoms with van der Waals surface area (Å²) < 4.78 is 0. The molecule has 0 heterocycles. The van der Waals surface area contributed by atoms with Crippen LogP contribution in [0.4, 0.5) is 0 Å². The van der Waals surface area contributed by atoms with E-state index in [9.17, 15) is 0 Å². The first kappa shape index (κ1) is 19.0. The Bertz CT molecular complexity index is 656. The molecule has 134 valence electrons. The molecule has 0 aliphatic rings. The summed E-state index contributed by atoms with van der Waals surface area (Å²) in [6.07, 6.45) is 0. The molecule has 0 amide bonds. The summed E-state index contributed by atoms with van der Waals surface area (Å²) in [6, 6.07) is 17.0. The zero-order chi connectivity index (χ0) is 18.8. The quantitative estimate of drug-likeness (QED) is 0.553. The highest BCUT2D eigenvalue weighted by molar-refractivity contribution is 5.75. The normalized spacial score (nSPS) is 12.3. The predicted molar refractivity (Wildman–Crippen MR) is 107 cm³/mol. The molecule has 0 radical (unpaired) electrons. The van der Waals surface area contributed by atoms with Crippen LogP contribution in [0.15, 0.2) is 48.5 Å². The third-order valence-electron chi connectivity index (χ3n) is 4.52. The van der Waals surface area contributed by atoms with E-state index in [1.165, 1.54) is 11.1 Å². The zero-order valence-corrected chi connectivity index (χ0v) is 16.3. The fourth-order valence-corrected chi connectivity index (χ4v) is 2.87. The van der Waals surface area contributed by atoms with Crippen molar-refractivity contribution in [1.29, 1.82) is 5.41 Å². The maximum Gasteiger partial charge on any atom is 0.186 e. The van der Waals surface area contributed by atoms with Crippen molar-refractivity contribution in [1.82, 2.24) is 5.32 Å². The van der Waals surface area contributed by atoms with Gasteiger partial charge in [-0.1, -0.05) is 90.1 Å². The van der Waals surface area contributed by atoms with Crippen LogP contribution in [-0.2, 0) is 10.8 Å². The molecule has 0 saturated heterocycles. The van der Waals surface area contributed by atoms with Gasteiger partial charge in [0.15, 0.2) is 5.96 Å². The van der Waals surface area contributed by atoms with Crippen LogP contribution in [0.5, 0.6) is 0 Å². The first-order valence-corrected chi connectivity index (χ1v) is 8.80. The second-order valence-electron chi connectivity index (χ2n) is 8.74. The molecule has 0 atom stereocenters. The molecule has 0 aliphatic heterocycles. The lowest BCUT2D eigenvalue weighted by molar-refractivity contribution is 0.588. The number of rotatable bonds is 3. The predicted octanol–water partition coefficient (Wildman–Crippen LogP) is 4.85. The molecule has 0 aromatic heterocycles. The van der Waals surface area contributed by atoms with Gasteiger partial charge in [-0.05, 0) is 33.1 Å². The van der Waals surface area contributed by atoms with E-state index in [0.717, 1.165) is 11.1 Å². The molecule has 2 rings (SSSR count). The largest absolute Gasteiger partial charge is 0.370 e. The molecule has 25 heavy (non-hydrogen) atoms. The summed E-state index contributed by atoms with van der Waals surface area (Å²) in [4.78, 5) is 0. The molecule has 0 bridgehead atoms. The number of nitrogens with two attached hydrogens (primary N) is 1. The van der Waals surface area contributed by atoms with Crippen LogP contribution in [0.25, 0.3) is 0 Å². The molecule has 0 unspecified atom stereocenters. The summed E-state index contributed by atoms with van der Waals surface area (Å²) in [7, 11) is 0. The van der Waals surface area contributed by atoms with E-state index in [0.29, 0.717) is 0 Å². The van der Waals surface area contributed by atoms with Gasteiger partial charge < -0.3 is 11.1 Å². The first-order valence-electron chi connectivity index (χ1n) is 8.80. The minimum Gasteiger partial charge on any atom is -0.370 e. The fraction of sp³-hybridized carbons (Fsp3) is 0.409. The average molecular weight is 338 g/mol. The van der Waals surface area contributed by atoms with Crippen molar-refractivity contribution in [3.8, 4) is 0 Å². The summed E-state index contributed by atoms with van der Waals surface area (Å²) >= 11 is 0. The van der Waals surface area contributed by atoms with Gasteiger partial charge in [0.1, 0.15) is 0 Å². The number of hydrogen-bond donors (Lipinski definition) is 3. The van der Waals surface area contributed by atoms with Crippen LogP contribution < -0.4 is 11.1 Å². The molecule has 3 nitrogen and oxygen atoms in total. The minimum absolute atomic E-state index is 0.0233. The van der Waals surface area contributed by atoms with Gasteiger partial charge >= 0.3 is 0 Å². The Kier molecular flexibility index (Phi) is 5.26. The van der Waals surface area contributed by atoms with Gasteiger partial charge in [0.05, 0.1) is 6.04 Å². The highest BCUT2D eigenvalue weighted by Gasteiger charge is 2.19. The van der Waals surface area contributed by atoms with Crippen LogP contribution in [-0.4, -0.2) is 5.96 Å². The lowest BCUT2D eigenvalue weighted by Gasteiger charge is -2.24. The summed E-state index contributed by atoms with van der Waals surface area (Å²) in [5, 5.41) is 10.8. The highest BCUT2D eigenvalue weighted by atomic mass is 15.1. The lowest BCUT2D eigenvalue weighted by Crippen LogP contribution is -2.34. The molecule has 2 aromatic rings. The SMILES string of the molecule is CC(C)(C)c1ccc(C(NC(=N)N)c2ccc(C(C)(C)C)cc2)cc1. The summed E-state index contributed by atoms with van der Waals surface area (Å²) in [5.41, 5.74) is 10.7. The van der Waals surface area contributed by atoms with E-state index >= 15 is 0 Å². The zero-order valence-electron chi connectivity index (χ0n) is 16.3. The van der Waals surface area contributed by atoms with Gasteiger partial charge in [-0.15, -0.1) is 0 Å². The monoisotopic (exact) mass is 337 g/mol. The molecule has 4 N–H and O–H groups in total. The average Bonchev–Trinajstić information content (AvgIpc) is 2.51. The van der Waals surface area contributed by atoms with E-state index in [4.69, 9.17) is 11.1 Å². The summed E-state index contributed by atoms with van der Waals surface area (Å²) in [5.74, 6) is -0.0233. The molecular formula is C22H31N3. The highest BCUT2D eigenvalue weighted by Crippen LogP contribution is 2.29. The Balaban J connectivity index is 2.38. The van der Waals surface area contributed by atoms with E-state index in [1.807, 2.05) is 0 Å². The first-order chi connectivity index (χ1) is 11.5. The Morgan fingerprint density at radius 1 is 0.760 bits per heavy atom. The van der Waals surface area contributed by atoms with Crippen LogP contribution in [0, 0.1) is 5.41 Å². The number of nitrogens with one attached hydrogen (secondary N) is 2. The molecular weight excluding hydrogens is 306 g/mol. The van der Waals surface area contributed by atoms with E-state index in [-0.39, 0.29) is 22.8 Å². The van der Waals surface area contributed by atoms with Crippen molar-refractivity contribution in [2.75, 3.05) is 0 Å². The minimum atomic E-state index is -0.125. The Hall–Kier alpha value is -2.29. The lowest BCUT2D eigenvalue weighted by atomic mass is 9.84. The smallest absolute Gasteiger partial charge is 0.186 e. The van der Waals surface area contributed by atoms with Gasteiger partial charge in [-0.3, -0.25) is 5.41 Å². The fourth-order valence-electron chi connectivity index (χ4n) is 2.87. The number of hydrogen-bond acceptors (Lipinski definition) is 1. The van der Waals surface area contributed by atoms with Gasteiger partial charge in [0.25, 0.3) is 0 Å². The second-order valence-corrected chi connectivity index (χ2v) is 8.74. The van der Waals surface area contributed by atoms with E-state index < -0.39 is 0 Å². The van der Waals surface area contributed by atoms with Gasteiger partial charge in [0.2, 0.25) is 0 Å². The van der Waals surface area contributed by atoms with Gasteiger partial charge in [0, 0.05) is 0 Å².